The van der Waals surface area contributed by atoms with Crippen molar-refractivity contribution < 1.29 is 22.3 Å². The minimum Gasteiger partial charge on any atom is -0.496 e. The zero-order chi connectivity index (χ0) is 20.0. The molecule has 0 aliphatic rings. The second-order valence-corrected chi connectivity index (χ2v) is 8.25. The average molecular weight is 458 g/mol. The maximum absolute atomic E-state index is 13.0. The molecule has 0 heterocycles. The number of nitrogens with zero attached hydrogens (tertiary/aromatic N) is 2. The van der Waals surface area contributed by atoms with Crippen LogP contribution in [-0.4, -0.2) is 40.4 Å². The number of methoxy groups -OCH3 is 1. The van der Waals surface area contributed by atoms with Crippen LogP contribution in [0.5, 0.6) is 5.75 Å². The van der Waals surface area contributed by atoms with Crippen LogP contribution in [-0.2, 0) is 14.8 Å². The molecular weight excluding hydrogens is 441 g/mol. The van der Waals surface area contributed by atoms with E-state index >= 15 is 0 Å². The first kappa shape index (κ1) is 20.8. The smallest absolute Gasteiger partial charge is 0.260 e. The van der Waals surface area contributed by atoms with Crippen LogP contribution in [0.15, 0.2) is 52.0 Å². The molecule has 0 fully saturated rings. The van der Waals surface area contributed by atoms with Crippen molar-refractivity contribution in [2.75, 3.05) is 24.2 Å². The number of hydrogen-bond acceptors (Lipinski definition) is 5. The highest BCUT2D eigenvalue weighted by molar-refractivity contribution is 9.10. The van der Waals surface area contributed by atoms with E-state index < -0.39 is 28.3 Å². The van der Waals surface area contributed by atoms with Crippen LogP contribution < -0.4 is 14.5 Å². The third-order valence-corrected chi connectivity index (χ3v) is 5.02. The van der Waals surface area contributed by atoms with E-state index in [-0.39, 0.29) is 5.69 Å². The highest BCUT2D eigenvalue weighted by Gasteiger charge is 2.20. The number of carbonyl (C=O) groups is 1. The van der Waals surface area contributed by atoms with E-state index in [0.29, 0.717) is 11.3 Å². The van der Waals surface area contributed by atoms with Crippen LogP contribution in [0.25, 0.3) is 0 Å². The lowest BCUT2D eigenvalue weighted by Gasteiger charge is -2.21. The summed E-state index contributed by atoms with van der Waals surface area (Å²) in [6, 6.07) is 10.1. The predicted octanol–water partition coefficient (Wildman–Crippen LogP) is 2.51. The van der Waals surface area contributed by atoms with Gasteiger partial charge in [0.2, 0.25) is 10.0 Å². The van der Waals surface area contributed by atoms with Gasteiger partial charge < -0.3 is 4.74 Å². The van der Waals surface area contributed by atoms with Crippen LogP contribution in [0.1, 0.15) is 5.56 Å². The molecule has 0 saturated heterocycles. The first-order valence-electron chi connectivity index (χ1n) is 7.59. The summed E-state index contributed by atoms with van der Waals surface area (Å²) in [6.07, 6.45) is 2.34. The molecule has 1 N–H and O–H groups in total. The standard InChI is InChI=1S/C17H17BrFN3O4S/c1-26-16-8-3-13(18)9-12(16)10-20-21-17(23)11-22(27(2,24)25)15-6-4-14(19)5-7-15/h3-10H,11H2,1-2H3,(H,21,23). The molecule has 2 rings (SSSR count). The van der Waals surface area contributed by atoms with Crippen molar-refractivity contribution in [3.05, 3.63) is 58.3 Å². The molecule has 2 aromatic rings. The first-order valence-corrected chi connectivity index (χ1v) is 10.2. The number of anilines is 1. The zero-order valence-corrected chi connectivity index (χ0v) is 16.9. The molecule has 0 aromatic heterocycles. The van der Waals surface area contributed by atoms with E-state index in [1.807, 2.05) is 0 Å². The second-order valence-electron chi connectivity index (χ2n) is 5.43. The van der Waals surface area contributed by atoms with Gasteiger partial charge >= 0.3 is 0 Å². The van der Waals surface area contributed by atoms with Crippen molar-refractivity contribution in [1.82, 2.24) is 5.43 Å². The third-order valence-electron chi connectivity index (χ3n) is 3.39. The molecule has 1 amide bonds. The molecule has 0 bridgehead atoms. The van der Waals surface area contributed by atoms with Gasteiger partial charge in [-0.3, -0.25) is 9.10 Å². The summed E-state index contributed by atoms with van der Waals surface area (Å²) < 4.78 is 43.8. The molecule has 2 aromatic carbocycles. The van der Waals surface area contributed by atoms with Gasteiger partial charge in [-0.1, -0.05) is 15.9 Å². The molecule has 0 radical (unpaired) electrons. The number of amides is 1. The number of carbonyl (C=O) groups excluding carboxylic acids is 1. The topological polar surface area (TPSA) is 88.1 Å². The lowest BCUT2D eigenvalue weighted by molar-refractivity contribution is -0.119. The fourth-order valence-electron chi connectivity index (χ4n) is 2.15. The Kier molecular flexibility index (Phi) is 6.92. The van der Waals surface area contributed by atoms with Gasteiger partial charge in [-0.2, -0.15) is 5.10 Å². The summed E-state index contributed by atoms with van der Waals surface area (Å²) in [4.78, 5) is 12.1. The van der Waals surface area contributed by atoms with E-state index in [2.05, 4.69) is 26.5 Å². The lowest BCUT2D eigenvalue weighted by Crippen LogP contribution is -2.39. The number of nitrogens with one attached hydrogen (secondary N) is 1. The van der Waals surface area contributed by atoms with Crippen LogP contribution in [0.4, 0.5) is 10.1 Å². The van der Waals surface area contributed by atoms with Crippen LogP contribution in [0.2, 0.25) is 0 Å². The van der Waals surface area contributed by atoms with E-state index in [4.69, 9.17) is 4.74 Å². The molecule has 0 saturated carbocycles. The first-order chi connectivity index (χ1) is 12.7. The van der Waals surface area contributed by atoms with Crippen LogP contribution >= 0.6 is 15.9 Å². The minimum atomic E-state index is -3.75. The Morgan fingerprint density at radius 1 is 1.30 bits per heavy atom. The highest BCUT2D eigenvalue weighted by Crippen LogP contribution is 2.21. The molecular formula is C17H17BrFN3O4S. The molecule has 27 heavy (non-hydrogen) atoms. The van der Waals surface area contributed by atoms with Crippen molar-refractivity contribution in [2.24, 2.45) is 5.10 Å². The Labute approximate surface area is 165 Å². The summed E-state index contributed by atoms with van der Waals surface area (Å²) >= 11 is 3.33. The molecule has 0 atom stereocenters. The molecule has 0 spiro atoms. The van der Waals surface area contributed by atoms with Gasteiger partial charge in [0.1, 0.15) is 18.1 Å². The molecule has 10 heteroatoms. The number of sulfonamides is 1. The van der Waals surface area contributed by atoms with E-state index in [0.717, 1.165) is 27.2 Å². The van der Waals surface area contributed by atoms with Crippen molar-refractivity contribution in [2.45, 2.75) is 0 Å². The Balaban J connectivity index is 2.10. The SMILES string of the molecule is COc1ccc(Br)cc1C=NNC(=O)CN(c1ccc(F)cc1)S(C)(=O)=O. The van der Waals surface area contributed by atoms with Crippen molar-refractivity contribution in [3.63, 3.8) is 0 Å². The van der Waals surface area contributed by atoms with Gasteiger partial charge in [0.05, 0.1) is 25.3 Å². The summed E-state index contributed by atoms with van der Waals surface area (Å²) in [5.74, 6) is -0.612. The monoisotopic (exact) mass is 457 g/mol. The zero-order valence-electron chi connectivity index (χ0n) is 14.5. The molecule has 0 unspecified atom stereocenters. The van der Waals surface area contributed by atoms with Gasteiger partial charge in [0, 0.05) is 10.0 Å². The predicted molar refractivity (Wildman–Crippen MR) is 105 cm³/mol. The summed E-state index contributed by atoms with van der Waals surface area (Å²) in [5.41, 5.74) is 3.05. The van der Waals surface area contributed by atoms with Crippen molar-refractivity contribution in [3.8, 4) is 5.75 Å². The van der Waals surface area contributed by atoms with Gasteiger partial charge in [-0.15, -0.1) is 0 Å². The number of benzene rings is 2. The van der Waals surface area contributed by atoms with E-state index in [9.17, 15) is 17.6 Å². The Hall–Kier alpha value is -2.46. The third kappa shape index (κ3) is 6.04. The van der Waals surface area contributed by atoms with Crippen molar-refractivity contribution in [1.29, 1.82) is 0 Å². The number of hydrazone groups is 1. The minimum absolute atomic E-state index is 0.173. The summed E-state index contributed by atoms with van der Waals surface area (Å²) in [6.45, 7) is -0.503. The molecule has 0 aliphatic heterocycles. The Bertz CT molecular complexity index is 949. The normalized spacial score (nSPS) is 11.4. The molecule has 144 valence electrons. The van der Waals surface area contributed by atoms with Crippen LogP contribution in [0, 0.1) is 5.82 Å². The van der Waals surface area contributed by atoms with Crippen molar-refractivity contribution >= 4 is 43.8 Å². The maximum Gasteiger partial charge on any atom is 0.260 e. The second kappa shape index (κ2) is 8.96. The fraction of sp³-hybridized carbons (Fsp3) is 0.176. The van der Waals surface area contributed by atoms with E-state index in [1.165, 1.54) is 25.5 Å². The lowest BCUT2D eigenvalue weighted by atomic mass is 10.2. The molecule has 7 nitrogen and oxygen atoms in total. The van der Waals surface area contributed by atoms with Gasteiger partial charge in [0.15, 0.2) is 0 Å². The summed E-state index contributed by atoms with van der Waals surface area (Å²) in [7, 11) is -2.24. The summed E-state index contributed by atoms with van der Waals surface area (Å²) in [5, 5.41) is 3.83. The largest absolute Gasteiger partial charge is 0.496 e. The quantitative estimate of drug-likeness (QED) is 0.510. The highest BCUT2D eigenvalue weighted by atomic mass is 79.9. The average Bonchev–Trinajstić information content (AvgIpc) is 2.60. The number of rotatable bonds is 7. The van der Waals surface area contributed by atoms with Gasteiger partial charge in [0.25, 0.3) is 5.91 Å². The molecule has 0 aliphatic carbocycles. The Morgan fingerprint density at radius 3 is 2.56 bits per heavy atom. The number of ether oxygens (including phenoxy) is 1. The maximum atomic E-state index is 13.0. The Morgan fingerprint density at radius 2 is 1.96 bits per heavy atom. The number of hydrogen-bond donors (Lipinski definition) is 1. The van der Waals surface area contributed by atoms with Gasteiger partial charge in [-0.25, -0.2) is 18.2 Å². The number of halogens is 2. The van der Waals surface area contributed by atoms with Gasteiger partial charge in [-0.05, 0) is 42.5 Å². The van der Waals surface area contributed by atoms with Crippen LogP contribution in [0.3, 0.4) is 0 Å². The fourth-order valence-corrected chi connectivity index (χ4v) is 3.39. The van der Waals surface area contributed by atoms with E-state index in [1.54, 1.807) is 18.2 Å².